The first kappa shape index (κ1) is 18.4. The summed E-state index contributed by atoms with van der Waals surface area (Å²) < 4.78 is 0. The minimum absolute atomic E-state index is 0.0236. The topological polar surface area (TPSA) is 98.2 Å². The van der Waals surface area contributed by atoms with E-state index < -0.39 is 23.9 Å². The highest BCUT2D eigenvalue weighted by molar-refractivity contribution is 5.80. The van der Waals surface area contributed by atoms with E-state index in [-0.39, 0.29) is 19.0 Å². The van der Waals surface area contributed by atoms with Crippen LogP contribution in [0.15, 0.2) is 0 Å². The van der Waals surface area contributed by atoms with Crippen LogP contribution in [-0.2, 0) is 14.4 Å². The Balaban J connectivity index is 4.90. The van der Waals surface area contributed by atoms with Crippen molar-refractivity contribution in [3.05, 3.63) is 0 Å². The molecule has 20 heavy (non-hydrogen) atoms. The van der Waals surface area contributed by atoms with E-state index in [2.05, 4.69) is 0 Å². The first-order valence-corrected chi connectivity index (χ1v) is 6.71. The average molecular weight is 288 g/mol. The molecule has 0 heterocycles. The monoisotopic (exact) mass is 288 g/mol. The van der Waals surface area contributed by atoms with E-state index in [1.807, 2.05) is 13.8 Å². The molecule has 0 aromatic heterocycles. The van der Waals surface area contributed by atoms with Crippen LogP contribution in [-0.4, -0.2) is 70.1 Å². The Morgan fingerprint density at radius 3 is 1.85 bits per heavy atom. The lowest BCUT2D eigenvalue weighted by molar-refractivity contribution is -0.148. The Labute approximate surface area is 119 Å². The van der Waals surface area contributed by atoms with E-state index in [0.29, 0.717) is 13.1 Å². The van der Waals surface area contributed by atoms with E-state index in [0.717, 1.165) is 0 Å². The molecule has 0 saturated carbocycles. The quantitative estimate of drug-likeness (QED) is 0.635. The predicted molar refractivity (Wildman–Crippen MR) is 73.4 cm³/mol. The SMILES string of the molecule is CCN(CC)C(=O)CN(CC(C)C(=O)O)C(C)C(=O)O. The fourth-order valence-electron chi connectivity index (χ4n) is 1.80. The molecule has 0 aromatic rings. The van der Waals surface area contributed by atoms with Crippen molar-refractivity contribution in [2.45, 2.75) is 33.7 Å². The van der Waals surface area contributed by atoms with Crippen molar-refractivity contribution in [2.75, 3.05) is 26.2 Å². The van der Waals surface area contributed by atoms with Gasteiger partial charge in [0.25, 0.3) is 0 Å². The van der Waals surface area contributed by atoms with Gasteiger partial charge in [-0.15, -0.1) is 0 Å². The van der Waals surface area contributed by atoms with Gasteiger partial charge in [-0.1, -0.05) is 6.92 Å². The van der Waals surface area contributed by atoms with Crippen LogP contribution in [0.4, 0.5) is 0 Å². The summed E-state index contributed by atoms with van der Waals surface area (Å²) in [4.78, 5) is 37.0. The summed E-state index contributed by atoms with van der Waals surface area (Å²) in [7, 11) is 0. The van der Waals surface area contributed by atoms with E-state index in [4.69, 9.17) is 10.2 Å². The van der Waals surface area contributed by atoms with Gasteiger partial charge in [-0.2, -0.15) is 0 Å². The van der Waals surface area contributed by atoms with Crippen LogP contribution in [0.5, 0.6) is 0 Å². The summed E-state index contributed by atoms with van der Waals surface area (Å²) in [6.45, 7) is 7.64. The van der Waals surface area contributed by atoms with E-state index in [1.54, 1.807) is 4.90 Å². The highest BCUT2D eigenvalue weighted by Gasteiger charge is 2.27. The van der Waals surface area contributed by atoms with Gasteiger partial charge < -0.3 is 15.1 Å². The molecule has 0 bridgehead atoms. The molecule has 2 unspecified atom stereocenters. The first-order valence-electron chi connectivity index (χ1n) is 6.71. The second-order valence-corrected chi connectivity index (χ2v) is 4.75. The molecule has 0 rings (SSSR count). The van der Waals surface area contributed by atoms with Gasteiger partial charge in [0, 0.05) is 19.6 Å². The van der Waals surface area contributed by atoms with Crippen LogP contribution in [0.3, 0.4) is 0 Å². The number of likely N-dealkylation sites (N-methyl/N-ethyl adjacent to an activating group) is 1. The van der Waals surface area contributed by atoms with Crippen molar-refractivity contribution in [1.82, 2.24) is 9.80 Å². The summed E-state index contributed by atoms with van der Waals surface area (Å²) in [5, 5.41) is 18.0. The number of carbonyl (C=O) groups is 3. The number of carboxylic acid groups (broad SMARTS) is 2. The number of hydrogen-bond acceptors (Lipinski definition) is 4. The molecule has 1 amide bonds. The van der Waals surface area contributed by atoms with E-state index in [1.165, 1.54) is 18.7 Å². The number of hydrogen-bond donors (Lipinski definition) is 2. The molecular formula is C13H24N2O5. The fraction of sp³-hybridized carbons (Fsp3) is 0.769. The molecule has 0 aromatic carbocycles. The maximum absolute atomic E-state index is 12.0. The van der Waals surface area contributed by atoms with Gasteiger partial charge in [0.05, 0.1) is 12.5 Å². The van der Waals surface area contributed by atoms with Crippen molar-refractivity contribution < 1.29 is 24.6 Å². The number of rotatable bonds is 9. The Morgan fingerprint density at radius 1 is 1.00 bits per heavy atom. The molecule has 2 atom stereocenters. The van der Waals surface area contributed by atoms with Crippen LogP contribution in [0.25, 0.3) is 0 Å². The molecule has 0 aliphatic carbocycles. The first-order chi connectivity index (χ1) is 9.24. The van der Waals surface area contributed by atoms with Gasteiger partial charge in [-0.3, -0.25) is 19.3 Å². The van der Waals surface area contributed by atoms with Crippen molar-refractivity contribution in [2.24, 2.45) is 5.92 Å². The molecule has 0 radical (unpaired) electrons. The third-order valence-electron chi connectivity index (χ3n) is 3.29. The highest BCUT2D eigenvalue weighted by atomic mass is 16.4. The third-order valence-corrected chi connectivity index (χ3v) is 3.29. The Bertz CT molecular complexity index is 355. The molecular weight excluding hydrogens is 264 g/mol. The summed E-state index contributed by atoms with van der Waals surface area (Å²) >= 11 is 0. The van der Waals surface area contributed by atoms with Gasteiger partial charge in [-0.25, -0.2) is 0 Å². The zero-order valence-corrected chi connectivity index (χ0v) is 12.5. The fourth-order valence-corrected chi connectivity index (χ4v) is 1.80. The Hall–Kier alpha value is -1.63. The van der Waals surface area contributed by atoms with Gasteiger partial charge in [0.1, 0.15) is 6.04 Å². The average Bonchev–Trinajstić information content (AvgIpc) is 2.37. The largest absolute Gasteiger partial charge is 0.481 e. The third kappa shape index (κ3) is 5.56. The van der Waals surface area contributed by atoms with Crippen LogP contribution in [0.2, 0.25) is 0 Å². The molecule has 0 saturated heterocycles. The maximum Gasteiger partial charge on any atom is 0.320 e. The van der Waals surface area contributed by atoms with E-state index in [9.17, 15) is 14.4 Å². The summed E-state index contributed by atoms with van der Waals surface area (Å²) in [6, 6.07) is -0.906. The molecule has 116 valence electrons. The van der Waals surface area contributed by atoms with Gasteiger partial charge in [0.15, 0.2) is 0 Å². The van der Waals surface area contributed by atoms with Crippen LogP contribution < -0.4 is 0 Å². The minimum Gasteiger partial charge on any atom is -0.481 e. The predicted octanol–water partition coefficient (Wildman–Crippen LogP) is 0.351. The van der Waals surface area contributed by atoms with Gasteiger partial charge in [0.2, 0.25) is 5.91 Å². The lowest BCUT2D eigenvalue weighted by Crippen LogP contribution is -2.48. The number of carboxylic acids is 2. The second kappa shape index (κ2) is 8.52. The van der Waals surface area contributed by atoms with Gasteiger partial charge >= 0.3 is 11.9 Å². The second-order valence-electron chi connectivity index (χ2n) is 4.75. The summed E-state index contributed by atoms with van der Waals surface area (Å²) in [5.74, 6) is -3.01. The Kier molecular flexibility index (Phi) is 7.83. The molecule has 2 N–H and O–H groups in total. The zero-order chi connectivity index (χ0) is 15.9. The summed E-state index contributed by atoms with van der Waals surface area (Å²) in [5.41, 5.74) is 0. The summed E-state index contributed by atoms with van der Waals surface area (Å²) in [6.07, 6.45) is 0. The van der Waals surface area contributed by atoms with Crippen LogP contribution in [0, 0.1) is 5.92 Å². The molecule has 0 spiro atoms. The molecule has 0 aliphatic rings. The van der Waals surface area contributed by atoms with E-state index >= 15 is 0 Å². The van der Waals surface area contributed by atoms with Crippen molar-refractivity contribution in [3.63, 3.8) is 0 Å². The van der Waals surface area contributed by atoms with Crippen molar-refractivity contribution >= 4 is 17.8 Å². The smallest absolute Gasteiger partial charge is 0.320 e. The van der Waals surface area contributed by atoms with Crippen LogP contribution >= 0.6 is 0 Å². The lowest BCUT2D eigenvalue weighted by atomic mass is 10.1. The highest BCUT2D eigenvalue weighted by Crippen LogP contribution is 2.07. The van der Waals surface area contributed by atoms with Gasteiger partial charge in [-0.05, 0) is 20.8 Å². The molecule has 0 aliphatic heterocycles. The zero-order valence-electron chi connectivity index (χ0n) is 12.5. The molecule has 7 heteroatoms. The van der Waals surface area contributed by atoms with Crippen LogP contribution in [0.1, 0.15) is 27.7 Å². The lowest BCUT2D eigenvalue weighted by Gasteiger charge is -2.29. The number of amides is 1. The normalized spacial score (nSPS) is 13.8. The molecule has 0 fully saturated rings. The molecule has 7 nitrogen and oxygen atoms in total. The standard InChI is InChI=1S/C13H24N2O5/c1-5-14(6-2)11(16)8-15(10(4)13(19)20)7-9(3)12(17)18/h9-10H,5-8H2,1-4H3,(H,17,18)(H,19,20). The van der Waals surface area contributed by atoms with Crippen molar-refractivity contribution in [1.29, 1.82) is 0 Å². The number of aliphatic carboxylic acids is 2. The number of carbonyl (C=O) groups excluding carboxylic acids is 1. The Morgan fingerprint density at radius 2 is 1.50 bits per heavy atom. The maximum atomic E-state index is 12.0. The minimum atomic E-state index is -1.07. The van der Waals surface area contributed by atoms with Crippen molar-refractivity contribution in [3.8, 4) is 0 Å². The number of nitrogens with zero attached hydrogens (tertiary/aromatic N) is 2.